The number of fused-ring (bicyclic) bond motifs is 2. The number of ether oxygens (including phenoxy) is 2. The second-order valence-electron chi connectivity index (χ2n) is 7.34. The fourth-order valence-corrected chi connectivity index (χ4v) is 5.48. The normalized spacial score (nSPS) is 12.0. The number of methoxy groups -OCH3 is 2. The monoisotopic (exact) mass is 486 g/mol. The van der Waals surface area contributed by atoms with Crippen LogP contribution in [0.4, 0.5) is 0 Å². The van der Waals surface area contributed by atoms with E-state index < -0.39 is 7.53 Å². The van der Waals surface area contributed by atoms with Gasteiger partial charge >= 0.3 is 0 Å². The van der Waals surface area contributed by atoms with Gasteiger partial charge in [-0.25, -0.2) is 9.97 Å². The van der Waals surface area contributed by atoms with E-state index in [-0.39, 0.29) is 0 Å². The van der Waals surface area contributed by atoms with Gasteiger partial charge in [0.05, 0.1) is 31.3 Å². The zero-order chi connectivity index (χ0) is 22.4. The van der Waals surface area contributed by atoms with Gasteiger partial charge in [-0.2, -0.15) is 5.10 Å². The van der Waals surface area contributed by atoms with Gasteiger partial charge in [0.15, 0.2) is 17.1 Å². The van der Waals surface area contributed by atoms with E-state index in [1.807, 2.05) is 23.0 Å². The number of pyridine rings is 1. The average Bonchev–Trinajstić information content (AvgIpc) is 3.35. The summed E-state index contributed by atoms with van der Waals surface area (Å²) in [5.41, 5.74) is 4.27. The predicted octanol–water partition coefficient (Wildman–Crippen LogP) is 6.15. The number of rotatable bonds is 5. The number of benzene rings is 1. The zero-order valence-corrected chi connectivity index (χ0v) is 20.0. The molecule has 7 nitrogen and oxygen atoms in total. The van der Waals surface area contributed by atoms with Crippen molar-refractivity contribution in [2.45, 2.75) is 6.54 Å². The van der Waals surface area contributed by atoms with Crippen LogP contribution in [0, 0.1) is 0 Å². The molecule has 0 saturated heterocycles. The Kier molecular flexibility index (Phi) is 5.41. The summed E-state index contributed by atoms with van der Waals surface area (Å²) in [5.74, 6) is 6.41. The highest BCUT2D eigenvalue weighted by Gasteiger charge is 2.19. The van der Waals surface area contributed by atoms with Crippen molar-refractivity contribution < 1.29 is 9.47 Å². The Hall–Kier alpha value is -2.86. The van der Waals surface area contributed by atoms with E-state index in [9.17, 15) is 0 Å². The van der Waals surface area contributed by atoms with Gasteiger partial charge < -0.3 is 14.5 Å². The largest absolute Gasteiger partial charge is 0.493 e. The van der Waals surface area contributed by atoms with Crippen molar-refractivity contribution in [1.82, 2.24) is 24.7 Å². The van der Waals surface area contributed by atoms with Gasteiger partial charge in [-0.3, -0.25) is 4.68 Å². The van der Waals surface area contributed by atoms with Crippen LogP contribution in [0.1, 0.15) is 5.82 Å². The standard InChI is InChI=1S/C22H19Cl2N5O2P/c1-30-18-6-12(15(23)7-19(18)31-2)14-10-32(3)11-17-13(14)8-29(28-17)9-21-25-16-4-5-20(24)26-22(16)27-21/h4-8,10-11H,9H2,1-3H3,(H,25,26,27)/q+1. The topological polar surface area (TPSA) is 77.9 Å². The Morgan fingerprint density at radius 2 is 1.81 bits per heavy atom. The lowest BCUT2D eigenvalue weighted by Crippen LogP contribution is -2.01. The Balaban J connectivity index is 1.59. The first-order valence-electron chi connectivity index (χ1n) is 9.74. The molecule has 5 aromatic rings. The molecular weight excluding hydrogens is 468 g/mol. The Bertz CT molecular complexity index is 1480. The van der Waals surface area contributed by atoms with Gasteiger partial charge in [0.1, 0.15) is 42.3 Å². The second-order valence-corrected chi connectivity index (χ2v) is 9.98. The molecule has 0 spiro atoms. The van der Waals surface area contributed by atoms with Crippen molar-refractivity contribution >= 4 is 52.8 Å². The van der Waals surface area contributed by atoms with E-state index >= 15 is 0 Å². The van der Waals surface area contributed by atoms with Crippen molar-refractivity contribution in [2.75, 3.05) is 14.2 Å². The highest BCUT2D eigenvalue weighted by Crippen LogP contribution is 2.43. The number of nitrogens with one attached hydrogen (secondary N) is 1. The molecule has 0 saturated carbocycles. The van der Waals surface area contributed by atoms with Crippen LogP contribution in [-0.2, 0) is 13.2 Å². The maximum absolute atomic E-state index is 6.64. The summed E-state index contributed by atoms with van der Waals surface area (Å²) in [6.45, 7) is 2.66. The molecule has 5 rings (SSSR count). The third-order valence-electron chi connectivity index (χ3n) is 5.18. The molecule has 10 heteroatoms. The summed E-state index contributed by atoms with van der Waals surface area (Å²) in [7, 11) is 2.72. The number of aryl methyl sites for hydroxylation is 1. The van der Waals surface area contributed by atoms with Gasteiger partial charge in [-0.1, -0.05) is 23.2 Å². The van der Waals surface area contributed by atoms with E-state index in [1.165, 1.54) is 0 Å². The van der Waals surface area contributed by atoms with E-state index in [1.54, 1.807) is 26.4 Å². The number of hydrogen-bond acceptors (Lipinski definition) is 5. The third kappa shape index (κ3) is 3.77. The zero-order valence-electron chi connectivity index (χ0n) is 17.6. The smallest absolute Gasteiger partial charge is 0.179 e. The van der Waals surface area contributed by atoms with Gasteiger partial charge in [0.2, 0.25) is 0 Å². The molecule has 4 heterocycles. The quantitative estimate of drug-likeness (QED) is 0.301. The predicted molar refractivity (Wildman–Crippen MR) is 129 cm³/mol. The number of aromatic nitrogens is 5. The van der Waals surface area contributed by atoms with Crippen LogP contribution in [0.15, 0.2) is 42.1 Å². The molecule has 32 heavy (non-hydrogen) atoms. The number of aromatic amines is 1. The lowest BCUT2D eigenvalue weighted by Gasteiger charge is -2.11. The minimum atomic E-state index is -0.486. The van der Waals surface area contributed by atoms with Gasteiger partial charge in [0.25, 0.3) is 0 Å². The summed E-state index contributed by atoms with van der Waals surface area (Å²) in [5, 5.41) is 6.82. The molecule has 4 aromatic heterocycles. The SMILES string of the molecule is COc1cc(Cl)c(-c2c[p+](C)cc3nn(Cc4nc5nc(Cl)ccc5[nH]4)cc23)cc1OC. The molecule has 1 atom stereocenters. The highest BCUT2D eigenvalue weighted by molar-refractivity contribution is 7.46. The summed E-state index contributed by atoms with van der Waals surface area (Å²) in [6, 6.07) is 7.30. The number of hydrogen-bond donors (Lipinski definition) is 1. The molecule has 1 N–H and O–H groups in total. The Morgan fingerprint density at radius 1 is 1.03 bits per heavy atom. The van der Waals surface area contributed by atoms with Crippen LogP contribution in [0.2, 0.25) is 10.2 Å². The van der Waals surface area contributed by atoms with Crippen LogP contribution in [0.3, 0.4) is 0 Å². The first kappa shape index (κ1) is 21.0. The third-order valence-corrected chi connectivity index (χ3v) is 7.02. The maximum Gasteiger partial charge on any atom is 0.179 e. The molecule has 162 valence electrons. The van der Waals surface area contributed by atoms with Crippen LogP contribution in [-0.4, -0.2) is 39.0 Å². The van der Waals surface area contributed by atoms with Gasteiger partial charge in [-0.05, 0) is 18.2 Å². The van der Waals surface area contributed by atoms with E-state index in [0.29, 0.717) is 33.9 Å². The van der Waals surface area contributed by atoms with E-state index in [2.05, 4.69) is 33.2 Å². The Morgan fingerprint density at radius 3 is 2.59 bits per heavy atom. The van der Waals surface area contributed by atoms with Crippen molar-refractivity contribution in [3.8, 4) is 22.6 Å². The summed E-state index contributed by atoms with van der Waals surface area (Å²) < 4.78 is 12.8. The molecule has 1 unspecified atom stereocenters. The van der Waals surface area contributed by atoms with Gasteiger partial charge in [0, 0.05) is 28.8 Å². The molecule has 0 fully saturated rings. The Labute approximate surface area is 195 Å². The van der Waals surface area contributed by atoms with Crippen LogP contribution < -0.4 is 9.47 Å². The number of imidazole rings is 1. The highest BCUT2D eigenvalue weighted by atomic mass is 35.5. The lowest BCUT2D eigenvalue weighted by molar-refractivity contribution is 0.355. The average molecular weight is 487 g/mol. The molecule has 0 bridgehead atoms. The fraction of sp³-hybridized carbons (Fsp3) is 0.182. The van der Waals surface area contributed by atoms with Crippen molar-refractivity contribution in [3.05, 3.63) is 58.1 Å². The van der Waals surface area contributed by atoms with Crippen molar-refractivity contribution in [3.63, 3.8) is 0 Å². The number of halogens is 2. The molecule has 0 amide bonds. The lowest BCUT2D eigenvalue weighted by atomic mass is 10.0. The molecule has 1 aromatic carbocycles. The first-order valence-corrected chi connectivity index (χ1v) is 12.4. The maximum atomic E-state index is 6.64. The van der Waals surface area contributed by atoms with Crippen LogP contribution in [0.5, 0.6) is 11.5 Å². The minimum absolute atomic E-state index is 0.414. The first-order chi connectivity index (χ1) is 15.4. The second kappa shape index (κ2) is 8.24. The molecular formula is C22H19Cl2N5O2P+. The molecule has 0 radical (unpaired) electrons. The number of H-pyrrole nitrogens is 1. The minimum Gasteiger partial charge on any atom is -0.493 e. The van der Waals surface area contributed by atoms with Crippen LogP contribution >= 0.6 is 30.7 Å². The van der Waals surface area contributed by atoms with E-state index in [4.69, 9.17) is 37.8 Å². The summed E-state index contributed by atoms with van der Waals surface area (Å²) in [4.78, 5) is 12.1. The molecule has 0 aliphatic rings. The van der Waals surface area contributed by atoms with Crippen molar-refractivity contribution in [2.24, 2.45) is 6.66 Å². The number of nitrogens with zero attached hydrogens (tertiary/aromatic N) is 4. The summed E-state index contributed by atoms with van der Waals surface area (Å²) in [6.07, 6.45) is 2.01. The molecule has 0 aliphatic heterocycles. The fourth-order valence-electron chi connectivity index (χ4n) is 3.75. The molecule has 0 aliphatic carbocycles. The summed E-state index contributed by atoms with van der Waals surface area (Å²) >= 11 is 12.6. The van der Waals surface area contributed by atoms with Crippen LogP contribution in [0.25, 0.3) is 33.2 Å². The van der Waals surface area contributed by atoms with Crippen molar-refractivity contribution in [1.29, 1.82) is 0 Å². The van der Waals surface area contributed by atoms with Gasteiger partial charge in [-0.15, -0.1) is 0 Å². The van der Waals surface area contributed by atoms with E-state index in [0.717, 1.165) is 33.4 Å².